The van der Waals surface area contributed by atoms with Crippen LogP contribution in [0.1, 0.15) is 18.1 Å². The summed E-state index contributed by atoms with van der Waals surface area (Å²) in [5.74, 6) is 0. The summed E-state index contributed by atoms with van der Waals surface area (Å²) in [7, 11) is 1.33. The maximum absolute atomic E-state index is 11.1. The van der Waals surface area contributed by atoms with Gasteiger partial charge in [-0.05, 0) is 36.2 Å². The summed E-state index contributed by atoms with van der Waals surface area (Å²) in [5.41, 5.74) is 8.32. The van der Waals surface area contributed by atoms with Gasteiger partial charge >= 0.3 is 6.09 Å². The summed E-state index contributed by atoms with van der Waals surface area (Å²) >= 11 is 6.09. The number of rotatable bonds is 10. The van der Waals surface area contributed by atoms with Crippen molar-refractivity contribution in [2.75, 3.05) is 32.2 Å². The van der Waals surface area contributed by atoms with Crippen LogP contribution in [0.25, 0.3) is 0 Å². The number of ether oxygens (including phenoxy) is 2. The Hall–Kier alpha value is -2.28. The molecule has 0 aliphatic heterocycles. The second-order valence-corrected chi connectivity index (χ2v) is 5.98. The van der Waals surface area contributed by atoms with Crippen LogP contribution < -0.4 is 16.2 Å². The van der Waals surface area contributed by atoms with Crippen molar-refractivity contribution in [1.29, 1.82) is 0 Å². The standard InChI is InChI=1S/C19H24ClN3O3/c1-25-19(24)21-12-13-26-18(15-6-5-7-16(20)14-15)10-11-22-23-17-8-3-2-4-9-17/h2-9,14,18,22-23H,10-13H2,1H3,(H,21,24). The number of benzene rings is 2. The summed E-state index contributed by atoms with van der Waals surface area (Å²) in [6, 6.07) is 17.5. The Labute approximate surface area is 158 Å². The Morgan fingerprint density at radius 3 is 2.65 bits per heavy atom. The van der Waals surface area contributed by atoms with Gasteiger partial charge in [-0.3, -0.25) is 0 Å². The predicted octanol–water partition coefficient (Wildman–Crippen LogP) is 3.76. The SMILES string of the molecule is COC(=O)NCCOC(CCNNc1ccccc1)c1cccc(Cl)c1. The van der Waals surface area contributed by atoms with E-state index in [1.54, 1.807) is 0 Å². The molecule has 7 heteroatoms. The largest absolute Gasteiger partial charge is 0.453 e. The number of carbonyl (C=O) groups is 1. The maximum Gasteiger partial charge on any atom is 0.406 e. The highest BCUT2D eigenvalue weighted by atomic mass is 35.5. The highest BCUT2D eigenvalue weighted by Crippen LogP contribution is 2.23. The smallest absolute Gasteiger partial charge is 0.406 e. The maximum atomic E-state index is 11.1. The van der Waals surface area contributed by atoms with Crippen LogP contribution in [0.2, 0.25) is 5.02 Å². The Bertz CT molecular complexity index is 670. The molecule has 1 amide bonds. The number of amides is 1. The van der Waals surface area contributed by atoms with E-state index in [2.05, 4.69) is 20.9 Å². The van der Waals surface area contributed by atoms with E-state index in [-0.39, 0.29) is 6.10 Å². The number of hydrogen-bond donors (Lipinski definition) is 3. The van der Waals surface area contributed by atoms with Crippen LogP contribution >= 0.6 is 11.6 Å². The van der Waals surface area contributed by atoms with Crippen molar-refractivity contribution in [3.8, 4) is 0 Å². The first-order valence-corrected chi connectivity index (χ1v) is 8.79. The summed E-state index contributed by atoms with van der Waals surface area (Å²) in [6.45, 7) is 1.44. The van der Waals surface area contributed by atoms with Gasteiger partial charge in [0.2, 0.25) is 0 Å². The Morgan fingerprint density at radius 1 is 1.12 bits per heavy atom. The molecular weight excluding hydrogens is 354 g/mol. The van der Waals surface area contributed by atoms with Crippen molar-refractivity contribution in [2.45, 2.75) is 12.5 Å². The van der Waals surface area contributed by atoms with Gasteiger partial charge in [-0.1, -0.05) is 41.9 Å². The number of halogens is 1. The fraction of sp³-hybridized carbons (Fsp3) is 0.316. The number of alkyl carbamates (subject to hydrolysis) is 1. The molecule has 1 atom stereocenters. The zero-order valence-electron chi connectivity index (χ0n) is 14.7. The summed E-state index contributed by atoms with van der Waals surface area (Å²) in [5, 5.41) is 3.26. The minimum absolute atomic E-state index is 0.141. The first-order valence-electron chi connectivity index (χ1n) is 8.42. The van der Waals surface area contributed by atoms with Gasteiger partial charge in [0.1, 0.15) is 0 Å². The molecule has 2 aromatic carbocycles. The normalized spacial score (nSPS) is 11.6. The highest BCUT2D eigenvalue weighted by Gasteiger charge is 2.12. The molecule has 0 aromatic heterocycles. The van der Waals surface area contributed by atoms with E-state index in [1.807, 2.05) is 54.6 Å². The van der Waals surface area contributed by atoms with Gasteiger partial charge in [0.15, 0.2) is 0 Å². The summed E-state index contributed by atoms with van der Waals surface area (Å²) in [6.07, 6.45) is 0.123. The first kappa shape index (κ1) is 20.0. The Kier molecular flexibility index (Phi) is 8.75. The van der Waals surface area contributed by atoms with Crippen molar-refractivity contribution < 1.29 is 14.3 Å². The predicted molar refractivity (Wildman–Crippen MR) is 103 cm³/mol. The molecule has 0 heterocycles. The zero-order valence-corrected chi connectivity index (χ0v) is 15.5. The van der Waals surface area contributed by atoms with Gasteiger partial charge < -0.3 is 20.2 Å². The molecule has 2 rings (SSSR count). The van der Waals surface area contributed by atoms with Crippen molar-refractivity contribution >= 4 is 23.4 Å². The van der Waals surface area contributed by atoms with Crippen molar-refractivity contribution in [2.24, 2.45) is 0 Å². The second kappa shape index (κ2) is 11.4. The molecule has 0 aliphatic carbocycles. The van der Waals surface area contributed by atoms with Crippen molar-refractivity contribution in [3.63, 3.8) is 0 Å². The molecule has 140 valence electrons. The van der Waals surface area contributed by atoms with Gasteiger partial charge in [0, 0.05) is 23.8 Å². The fourth-order valence-corrected chi connectivity index (χ4v) is 2.57. The van der Waals surface area contributed by atoms with Gasteiger partial charge in [-0.2, -0.15) is 0 Å². The third kappa shape index (κ3) is 7.31. The number of nitrogens with one attached hydrogen (secondary N) is 3. The number of carbonyl (C=O) groups excluding carboxylic acids is 1. The molecule has 2 aromatic rings. The average molecular weight is 378 g/mol. The van der Waals surface area contributed by atoms with Crippen molar-refractivity contribution in [1.82, 2.24) is 10.7 Å². The lowest BCUT2D eigenvalue weighted by molar-refractivity contribution is 0.0486. The van der Waals surface area contributed by atoms with E-state index < -0.39 is 6.09 Å². The van der Waals surface area contributed by atoms with E-state index in [1.165, 1.54) is 7.11 Å². The average Bonchev–Trinajstić information content (AvgIpc) is 2.67. The van der Waals surface area contributed by atoms with Gasteiger partial charge in [-0.25, -0.2) is 10.2 Å². The fourth-order valence-electron chi connectivity index (χ4n) is 2.37. The molecule has 0 spiro atoms. The Morgan fingerprint density at radius 2 is 1.92 bits per heavy atom. The summed E-state index contributed by atoms with van der Waals surface area (Å²) in [4.78, 5) is 11.1. The van der Waals surface area contributed by atoms with Crippen LogP contribution in [-0.4, -0.2) is 32.9 Å². The number of methoxy groups -OCH3 is 1. The van der Waals surface area contributed by atoms with Crippen LogP contribution in [0, 0.1) is 0 Å². The molecule has 0 saturated carbocycles. The number of para-hydroxylation sites is 1. The van der Waals surface area contributed by atoms with Gasteiger partial charge in [0.25, 0.3) is 0 Å². The number of hydrogen-bond acceptors (Lipinski definition) is 5. The third-order valence-electron chi connectivity index (χ3n) is 3.63. The molecule has 0 fully saturated rings. The van der Waals surface area contributed by atoms with E-state index >= 15 is 0 Å². The topological polar surface area (TPSA) is 71.6 Å². The van der Waals surface area contributed by atoms with Crippen LogP contribution in [0.4, 0.5) is 10.5 Å². The monoisotopic (exact) mass is 377 g/mol. The Balaban J connectivity index is 1.83. The number of hydrazine groups is 1. The molecule has 0 aliphatic rings. The molecule has 0 saturated heterocycles. The minimum Gasteiger partial charge on any atom is -0.453 e. The lowest BCUT2D eigenvalue weighted by atomic mass is 10.1. The van der Waals surface area contributed by atoms with Crippen molar-refractivity contribution in [3.05, 3.63) is 65.2 Å². The second-order valence-electron chi connectivity index (χ2n) is 5.54. The van der Waals surface area contributed by atoms with E-state index in [9.17, 15) is 4.79 Å². The van der Waals surface area contributed by atoms with Crippen LogP contribution in [0.3, 0.4) is 0 Å². The van der Waals surface area contributed by atoms with Gasteiger partial charge in [-0.15, -0.1) is 0 Å². The minimum atomic E-state index is -0.471. The van der Waals surface area contributed by atoms with Crippen LogP contribution in [0.15, 0.2) is 54.6 Å². The number of anilines is 1. The molecule has 26 heavy (non-hydrogen) atoms. The lowest BCUT2D eigenvalue weighted by Crippen LogP contribution is -2.28. The van der Waals surface area contributed by atoms with E-state index in [0.29, 0.717) is 24.7 Å². The third-order valence-corrected chi connectivity index (χ3v) is 3.87. The first-order chi connectivity index (χ1) is 12.7. The molecule has 3 N–H and O–H groups in total. The lowest BCUT2D eigenvalue weighted by Gasteiger charge is -2.19. The quantitative estimate of drug-likeness (QED) is 0.434. The van der Waals surface area contributed by atoms with Crippen LogP contribution in [-0.2, 0) is 9.47 Å². The van der Waals surface area contributed by atoms with Gasteiger partial charge in [0.05, 0.1) is 19.8 Å². The van der Waals surface area contributed by atoms with Crippen LogP contribution in [0.5, 0.6) is 0 Å². The molecule has 0 bridgehead atoms. The highest BCUT2D eigenvalue weighted by molar-refractivity contribution is 6.30. The zero-order chi connectivity index (χ0) is 18.6. The molecule has 1 unspecified atom stereocenters. The van der Waals surface area contributed by atoms with E-state index in [0.717, 1.165) is 17.7 Å². The molecule has 6 nitrogen and oxygen atoms in total. The molecule has 0 radical (unpaired) electrons. The summed E-state index contributed by atoms with van der Waals surface area (Å²) < 4.78 is 10.5. The van der Waals surface area contributed by atoms with E-state index in [4.69, 9.17) is 16.3 Å². The molecular formula is C19H24ClN3O3.